The lowest BCUT2D eigenvalue weighted by Gasteiger charge is -2.28. The number of nitrogens with zero attached hydrogens (tertiary/aromatic N) is 2. The summed E-state index contributed by atoms with van der Waals surface area (Å²) in [5.41, 5.74) is 12.2. The molecule has 2 heteroatoms. The maximum Gasteiger partial charge on any atom is 0.0711 e. The van der Waals surface area contributed by atoms with Gasteiger partial charge in [0.1, 0.15) is 0 Å². The van der Waals surface area contributed by atoms with E-state index in [-0.39, 0.29) is 5.41 Å². The molecule has 1 aliphatic heterocycles. The van der Waals surface area contributed by atoms with Crippen LogP contribution in [0.2, 0.25) is 0 Å². The topological polar surface area (TPSA) is 16.1 Å². The fourth-order valence-electron chi connectivity index (χ4n) is 6.68. The lowest BCUT2D eigenvalue weighted by molar-refractivity contribution is 0.225. The summed E-state index contributed by atoms with van der Waals surface area (Å²) in [5.74, 6) is 0. The van der Waals surface area contributed by atoms with Gasteiger partial charge in [0.25, 0.3) is 0 Å². The van der Waals surface area contributed by atoms with E-state index in [1.54, 1.807) is 0 Å². The van der Waals surface area contributed by atoms with E-state index in [4.69, 9.17) is 4.98 Å². The molecule has 0 unspecified atom stereocenters. The zero-order chi connectivity index (χ0) is 26.7. The Balaban J connectivity index is 1.41. The van der Waals surface area contributed by atoms with Crippen molar-refractivity contribution in [3.8, 4) is 0 Å². The van der Waals surface area contributed by atoms with E-state index in [0.29, 0.717) is 0 Å². The summed E-state index contributed by atoms with van der Waals surface area (Å²) in [4.78, 5) is 7.48. The van der Waals surface area contributed by atoms with E-state index in [9.17, 15) is 0 Å². The molecule has 1 aromatic heterocycles. The molecular weight excluding hydrogens is 460 g/mol. The smallest absolute Gasteiger partial charge is 0.0711 e. The Hall–Kier alpha value is -2.71. The molecule has 1 saturated heterocycles. The molecule has 0 saturated carbocycles. The lowest BCUT2D eigenvalue weighted by Crippen LogP contribution is -2.30. The molecule has 38 heavy (non-hydrogen) atoms. The van der Waals surface area contributed by atoms with Crippen LogP contribution in [0.15, 0.2) is 49.2 Å². The summed E-state index contributed by atoms with van der Waals surface area (Å²) in [6, 6.07) is 11.6. The van der Waals surface area contributed by atoms with Gasteiger partial charge in [-0.25, -0.2) is 0 Å². The SMILES string of the molecule is C=C(c1ccc2c(c1CC)C=CC(C)(C)C2)c1ccnc2cc(CCCCN3CCCCC3)c(CC)cc12. The predicted octanol–water partition coefficient (Wildman–Crippen LogP) is 8.83. The maximum absolute atomic E-state index is 4.82. The standard InChI is InChI=1S/C36H46N2/c1-6-27-23-34-32(26(3)31-15-14-29-25-36(4,5)18-16-33(29)30(31)7-2)17-19-37-35(34)24-28(27)13-9-12-22-38-20-10-8-11-21-38/h14-19,23-24H,3,6-13,20-22,25H2,1-2,4-5H3. The normalized spacial score (nSPS) is 17.1. The van der Waals surface area contributed by atoms with Gasteiger partial charge in [0.2, 0.25) is 0 Å². The van der Waals surface area contributed by atoms with E-state index >= 15 is 0 Å². The number of likely N-dealkylation sites (tertiary alicyclic amines) is 1. The van der Waals surface area contributed by atoms with Crippen LogP contribution in [0.4, 0.5) is 0 Å². The van der Waals surface area contributed by atoms with Gasteiger partial charge < -0.3 is 4.90 Å². The highest BCUT2D eigenvalue weighted by atomic mass is 15.1. The Kier molecular flexibility index (Phi) is 8.19. The molecule has 200 valence electrons. The number of hydrogen-bond acceptors (Lipinski definition) is 2. The van der Waals surface area contributed by atoms with Crippen molar-refractivity contribution in [2.75, 3.05) is 19.6 Å². The minimum Gasteiger partial charge on any atom is -0.303 e. The Bertz CT molecular complexity index is 1340. The number of allylic oxidation sites excluding steroid dienone is 1. The van der Waals surface area contributed by atoms with Crippen LogP contribution in [-0.2, 0) is 25.7 Å². The molecule has 2 aromatic carbocycles. The minimum atomic E-state index is 0.222. The lowest BCUT2D eigenvalue weighted by atomic mass is 9.76. The van der Waals surface area contributed by atoms with Crippen LogP contribution in [0.25, 0.3) is 22.6 Å². The summed E-state index contributed by atoms with van der Waals surface area (Å²) in [6.45, 7) is 17.7. The van der Waals surface area contributed by atoms with Gasteiger partial charge in [0.15, 0.2) is 0 Å². The second-order valence-corrected chi connectivity index (χ2v) is 12.2. The van der Waals surface area contributed by atoms with Crippen molar-refractivity contribution in [1.29, 1.82) is 0 Å². The molecule has 0 amide bonds. The highest BCUT2D eigenvalue weighted by Gasteiger charge is 2.24. The van der Waals surface area contributed by atoms with Gasteiger partial charge in [-0.2, -0.15) is 0 Å². The molecule has 0 radical (unpaired) electrons. The molecule has 2 heterocycles. The van der Waals surface area contributed by atoms with Crippen molar-refractivity contribution in [3.63, 3.8) is 0 Å². The van der Waals surface area contributed by atoms with Crippen molar-refractivity contribution in [2.24, 2.45) is 5.41 Å². The zero-order valence-corrected chi connectivity index (χ0v) is 24.2. The molecule has 0 spiro atoms. The molecule has 1 aliphatic carbocycles. The third kappa shape index (κ3) is 5.66. The molecular formula is C36H46N2. The van der Waals surface area contributed by atoms with E-state index in [2.05, 4.69) is 81.7 Å². The molecule has 2 nitrogen and oxygen atoms in total. The van der Waals surface area contributed by atoms with Crippen molar-refractivity contribution >= 4 is 22.6 Å². The highest BCUT2D eigenvalue weighted by Crippen LogP contribution is 2.38. The first kappa shape index (κ1) is 26.9. The number of aromatic nitrogens is 1. The van der Waals surface area contributed by atoms with Gasteiger partial charge in [0, 0.05) is 11.6 Å². The van der Waals surface area contributed by atoms with Crippen molar-refractivity contribution in [1.82, 2.24) is 9.88 Å². The van der Waals surface area contributed by atoms with Crippen LogP contribution in [0, 0.1) is 5.41 Å². The summed E-state index contributed by atoms with van der Waals surface area (Å²) < 4.78 is 0. The summed E-state index contributed by atoms with van der Waals surface area (Å²) in [7, 11) is 0. The number of aryl methyl sites for hydroxylation is 2. The third-order valence-corrected chi connectivity index (χ3v) is 8.86. The van der Waals surface area contributed by atoms with Crippen LogP contribution >= 0.6 is 0 Å². The van der Waals surface area contributed by atoms with Crippen LogP contribution in [0.1, 0.15) is 98.7 Å². The third-order valence-electron chi connectivity index (χ3n) is 8.86. The number of pyridine rings is 1. The zero-order valence-electron chi connectivity index (χ0n) is 24.2. The van der Waals surface area contributed by atoms with Gasteiger partial charge in [-0.05, 0) is 139 Å². The van der Waals surface area contributed by atoms with Crippen molar-refractivity contribution in [3.05, 3.63) is 88.1 Å². The molecule has 5 rings (SSSR count). The summed E-state index contributed by atoms with van der Waals surface area (Å²) in [6.07, 6.45) is 17.7. The first-order chi connectivity index (χ1) is 18.4. The fraction of sp³-hybridized carbons (Fsp3) is 0.472. The quantitative estimate of drug-likeness (QED) is 0.270. The Morgan fingerprint density at radius 2 is 1.76 bits per heavy atom. The van der Waals surface area contributed by atoms with Crippen molar-refractivity contribution < 1.29 is 0 Å². The number of piperidine rings is 1. The van der Waals surface area contributed by atoms with E-state index in [1.807, 2.05) is 6.20 Å². The van der Waals surface area contributed by atoms with Crippen LogP contribution in [0.3, 0.4) is 0 Å². The number of benzene rings is 2. The molecule has 0 atom stereocenters. The van der Waals surface area contributed by atoms with E-state index in [1.165, 1.54) is 96.1 Å². The second-order valence-electron chi connectivity index (χ2n) is 12.2. The summed E-state index contributed by atoms with van der Waals surface area (Å²) >= 11 is 0. The van der Waals surface area contributed by atoms with Crippen LogP contribution in [0.5, 0.6) is 0 Å². The fourth-order valence-corrected chi connectivity index (χ4v) is 6.68. The van der Waals surface area contributed by atoms with Crippen LogP contribution in [-0.4, -0.2) is 29.5 Å². The van der Waals surface area contributed by atoms with Gasteiger partial charge in [0.05, 0.1) is 5.52 Å². The molecule has 1 fully saturated rings. The monoisotopic (exact) mass is 506 g/mol. The highest BCUT2D eigenvalue weighted by molar-refractivity contribution is 5.97. The first-order valence-corrected chi connectivity index (χ1v) is 15.1. The molecule has 0 bridgehead atoms. The molecule has 2 aliphatic rings. The van der Waals surface area contributed by atoms with Gasteiger partial charge in [-0.3, -0.25) is 4.98 Å². The Morgan fingerprint density at radius 3 is 2.53 bits per heavy atom. The van der Waals surface area contributed by atoms with E-state index in [0.717, 1.165) is 36.8 Å². The number of rotatable bonds is 9. The van der Waals surface area contributed by atoms with Crippen LogP contribution < -0.4 is 0 Å². The average Bonchev–Trinajstić information content (AvgIpc) is 2.93. The predicted molar refractivity (Wildman–Crippen MR) is 165 cm³/mol. The molecule has 0 N–H and O–H groups in total. The van der Waals surface area contributed by atoms with Crippen molar-refractivity contribution in [2.45, 2.75) is 85.5 Å². The largest absolute Gasteiger partial charge is 0.303 e. The summed E-state index contributed by atoms with van der Waals surface area (Å²) in [5, 5.41) is 1.24. The average molecular weight is 507 g/mol. The number of hydrogen-bond donors (Lipinski definition) is 0. The Labute approximate surface area is 230 Å². The van der Waals surface area contributed by atoms with Gasteiger partial charge >= 0.3 is 0 Å². The first-order valence-electron chi connectivity index (χ1n) is 15.1. The van der Waals surface area contributed by atoms with E-state index < -0.39 is 0 Å². The van der Waals surface area contributed by atoms with Gasteiger partial charge in [-0.1, -0.05) is 65.0 Å². The number of fused-ring (bicyclic) bond motifs is 2. The Morgan fingerprint density at radius 1 is 0.947 bits per heavy atom. The minimum absolute atomic E-state index is 0.222. The van der Waals surface area contributed by atoms with Gasteiger partial charge in [-0.15, -0.1) is 0 Å². The number of unbranched alkanes of at least 4 members (excludes halogenated alkanes) is 1. The maximum atomic E-state index is 4.82. The second kappa shape index (κ2) is 11.6. The molecule has 3 aromatic rings.